The number of aromatic nitrogens is 3. The number of rotatable bonds is 5. The molecule has 0 unspecified atom stereocenters. The predicted octanol–water partition coefficient (Wildman–Crippen LogP) is 1.69. The molecule has 2 rings (SSSR count). The molecule has 0 fully saturated rings. The van der Waals surface area contributed by atoms with E-state index < -0.39 is 4.92 Å². The fourth-order valence-corrected chi connectivity index (χ4v) is 1.77. The third-order valence-corrected chi connectivity index (χ3v) is 2.74. The van der Waals surface area contributed by atoms with E-state index in [0.29, 0.717) is 12.4 Å². The lowest BCUT2D eigenvalue weighted by atomic mass is 10.2. The molecule has 0 bridgehead atoms. The number of hydrogen-bond donors (Lipinski definition) is 1. The van der Waals surface area contributed by atoms with Gasteiger partial charge in [-0.15, -0.1) is 0 Å². The highest BCUT2D eigenvalue weighted by atomic mass is 16.6. The molecule has 2 aromatic heterocycles. The van der Waals surface area contributed by atoms with E-state index in [9.17, 15) is 10.1 Å². The molecule has 100 valence electrons. The first-order chi connectivity index (χ1) is 9.06. The summed E-state index contributed by atoms with van der Waals surface area (Å²) in [6.45, 7) is 2.50. The average molecular weight is 261 g/mol. The first-order valence-corrected chi connectivity index (χ1v) is 5.88. The summed E-state index contributed by atoms with van der Waals surface area (Å²) in [5, 5.41) is 17.9. The molecule has 0 saturated carbocycles. The summed E-state index contributed by atoms with van der Waals surface area (Å²) >= 11 is 0. The molecule has 0 radical (unpaired) electrons. The Kier molecular flexibility index (Phi) is 3.74. The van der Waals surface area contributed by atoms with Crippen LogP contribution in [0.5, 0.6) is 0 Å². The Hall–Kier alpha value is -2.44. The maximum Gasteiger partial charge on any atom is 0.287 e. The minimum atomic E-state index is -0.445. The predicted molar refractivity (Wildman–Crippen MR) is 71.0 cm³/mol. The molecule has 0 amide bonds. The smallest absolute Gasteiger partial charge is 0.287 e. The minimum absolute atomic E-state index is 0.00955. The molecule has 0 aromatic carbocycles. The van der Waals surface area contributed by atoms with Crippen LogP contribution < -0.4 is 5.32 Å². The van der Waals surface area contributed by atoms with Crippen molar-refractivity contribution in [2.24, 2.45) is 7.05 Å². The zero-order chi connectivity index (χ0) is 13.8. The van der Waals surface area contributed by atoms with Crippen LogP contribution in [0.1, 0.15) is 11.1 Å². The van der Waals surface area contributed by atoms with E-state index in [1.165, 1.54) is 12.3 Å². The summed E-state index contributed by atoms with van der Waals surface area (Å²) in [7, 11) is 1.87. The molecular formula is C12H15N5O2. The Balaban J connectivity index is 1.94. The van der Waals surface area contributed by atoms with Crippen LogP contribution in [0.4, 0.5) is 11.5 Å². The van der Waals surface area contributed by atoms with Crippen LogP contribution in [0.3, 0.4) is 0 Å². The fraction of sp³-hybridized carbons (Fsp3) is 0.333. The lowest BCUT2D eigenvalue weighted by Gasteiger charge is -2.07. The van der Waals surface area contributed by atoms with Gasteiger partial charge >= 0.3 is 0 Å². The molecule has 0 aliphatic heterocycles. The van der Waals surface area contributed by atoms with Crippen molar-refractivity contribution in [3.05, 3.63) is 45.9 Å². The molecular weight excluding hydrogens is 246 g/mol. The van der Waals surface area contributed by atoms with E-state index in [1.54, 1.807) is 11.6 Å². The fourth-order valence-electron chi connectivity index (χ4n) is 1.77. The van der Waals surface area contributed by atoms with Gasteiger partial charge in [0.25, 0.3) is 5.69 Å². The highest BCUT2D eigenvalue weighted by molar-refractivity contribution is 5.48. The van der Waals surface area contributed by atoms with Crippen molar-refractivity contribution in [1.82, 2.24) is 14.8 Å². The second-order valence-electron chi connectivity index (χ2n) is 4.32. The Morgan fingerprint density at radius 1 is 1.47 bits per heavy atom. The molecule has 7 heteroatoms. The summed E-state index contributed by atoms with van der Waals surface area (Å²) in [5.41, 5.74) is 1.91. The van der Waals surface area contributed by atoms with Crippen molar-refractivity contribution in [2.75, 3.05) is 11.9 Å². The largest absolute Gasteiger partial charge is 0.370 e. The minimum Gasteiger partial charge on any atom is -0.370 e. The Morgan fingerprint density at radius 3 is 2.84 bits per heavy atom. The van der Waals surface area contributed by atoms with Crippen LogP contribution >= 0.6 is 0 Å². The molecule has 0 atom stereocenters. The molecule has 2 aromatic rings. The van der Waals surface area contributed by atoms with Gasteiger partial charge in [-0.1, -0.05) is 0 Å². The summed E-state index contributed by atoms with van der Waals surface area (Å²) < 4.78 is 1.75. The van der Waals surface area contributed by atoms with E-state index in [0.717, 1.165) is 17.5 Å². The van der Waals surface area contributed by atoms with Crippen LogP contribution in [0, 0.1) is 17.0 Å². The van der Waals surface area contributed by atoms with E-state index in [-0.39, 0.29) is 5.69 Å². The lowest BCUT2D eigenvalue weighted by molar-refractivity contribution is -0.385. The van der Waals surface area contributed by atoms with Crippen LogP contribution in [0.15, 0.2) is 24.7 Å². The van der Waals surface area contributed by atoms with Crippen LogP contribution in [0.25, 0.3) is 0 Å². The summed E-state index contributed by atoms with van der Waals surface area (Å²) in [4.78, 5) is 14.2. The standard InChI is InChI=1S/C12H15N5O2/c1-9-5-11(17(18)19)7-14-12(9)13-4-3-10-6-15-16(2)8-10/h5-8H,3-4H2,1-2H3,(H,13,14). The van der Waals surface area contributed by atoms with Crippen molar-refractivity contribution < 1.29 is 4.92 Å². The Morgan fingerprint density at radius 2 is 2.26 bits per heavy atom. The van der Waals surface area contributed by atoms with Crippen molar-refractivity contribution >= 4 is 11.5 Å². The summed E-state index contributed by atoms with van der Waals surface area (Å²) in [6.07, 6.45) is 5.86. The third kappa shape index (κ3) is 3.27. The zero-order valence-electron chi connectivity index (χ0n) is 10.8. The lowest BCUT2D eigenvalue weighted by Crippen LogP contribution is -2.07. The topological polar surface area (TPSA) is 85.9 Å². The molecule has 7 nitrogen and oxygen atoms in total. The van der Waals surface area contributed by atoms with Gasteiger partial charge in [0.1, 0.15) is 12.0 Å². The third-order valence-electron chi connectivity index (χ3n) is 2.74. The molecule has 0 saturated heterocycles. The Labute approximate surface area is 110 Å². The first-order valence-electron chi connectivity index (χ1n) is 5.88. The zero-order valence-corrected chi connectivity index (χ0v) is 10.8. The van der Waals surface area contributed by atoms with Crippen molar-refractivity contribution in [2.45, 2.75) is 13.3 Å². The number of aryl methyl sites for hydroxylation is 2. The van der Waals surface area contributed by atoms with Gasteiger partial charge in [0, 0.05) is 25.9 Å². The highest BCUT2D eigenvalue weighted by Gasteiger charge is 2.09. The molecule has 2 heterocycles. The van der Waals surface area contributed by atoms with E-state index in [4.69, 9.17) is 0 Å². The van der Waals surface area contributed by atoms with Crippen molar-refractivity contribution in [3.8, 4) is 0 Å². The molecule has 0 aliphatic rings. The highest BCUT2D eigenvalue weighted by Crippen LogP contribution is 2.17. The van der Waals surface area contributed by atoms with E-state index >= 15 is 0 Å². The SMILES string of the molecule is Cc1cc([N+](=O)[O-])cnc1NCCc1cnn(C)c1. The maximum absolute atomic E-state index is 10.6. The average Bonchev–Trinajstić information content (AvgIpc) is 2.77. The number of nitrogens with zero attached hydrogens (tertiary/aromatic N) is 4. The van der Waals surface area contributed by atoms with E-state index in [2.05, 4.69) is 15.4 Å². The van der Waals surface area contributed by atoms with Gasteiger partial charge < -0.3 is 5.32 Å². The van der Waals surface area contributed by atoms with E-state index in [1.807, 2.05) is 19.4 Å². The van der Waals surface area contributed by atoms with Gasteiger partial charge in [-0.25, -0.2) is 4.98 Å². The van der Waals surface area contributed by atoms with Crippen LogP contribution in [-0.2, 0) is 13.5 Å². The second-order valence-corrected chi connectivity index (χ2v) is 4.32. The number of hydrogen-bond acceptors (Lipinski definition) is 5. The molecule has 1 N–H and O–H groups in total. The quantitative estimate of drug-likeness (QED) is 0.653. The van der Waals surface area contributed by atoms with Gasteiger partial charge in [-0.3, -0.25) is 14.8 Å². The maximum atomic E-state index is 10.6. The number of anilines is 1. The van der Waals surface area contributed by atoms with Gasteiger partial charge in [0.2, 0.25) is 0 Å². The monoisotopic (exact) mass is 261 g/mol. The molecule has 0 spiro atoms. The number of nitro groups is 1. The normalized spacial score (nSPS) is 10.4. The second kappa shape index (κ2) is 5.47. The van der Waals surface area contributed by atoms with Gasteiger partial charge in [-0.2, -0.15) is 5.10 Å². The van der Waals surface area contributed by atoms with Crippen molar-refractivity contribution in [3.63, 3.8) is 0 Å². The van der Waals surface area contributed by atoms with Crippen LogP contribution in [-0.4, -0.2) is 26.2 Å². The number of pyridine rings is 1. The molecule has 19 heavy (non-hydrogen) atoms. The summed E-state index contributed by atoms with van der Waals surface area (Å²) in [6, 6.07) is 1.51. The number of nitrogens with one attached hydrogen (secondary N) is 1. The first kappa shape index (κ1) is 13.0. The van der Waals surface area contributed by atoms with Gasteiger partial charge in [-0.05, 0) is 24.5 Å². The van der Waals surface area contributed by atoms with Gasteiger partial charge in [0.15, 0.2) is 0 Å². The van der Waals surface area contributed by atoms with Gasteiger partial charge in [0.05, 0.1) is 11.1 Å². The molecule has 0 aliphatic carbocycles. The van der Waals surface area contributed by atoms with Crippen LogP contribution in [0.2, 0.25) is 0 Å². The summed E-state index contributed by atoms with van der Waals surface area (Å²) in [5.74, 6) is 0.675. The Bertz CT molecular complexity index is 594. The van der Waals surface area contributed by atoms with Crippen molar-refractivity contribution in [1.29, 1.82) is 0 Å².